The van der Waals surface area contributed by atoms with E-state index in [1.165, 1.54) is 31.0 Å². The summed E-state index contributed by atoms with van der Waals surface area (Å²) in [5, 5.41) is 2.53. The third-order valence-corrected chi connectivity index (χ3v) is 6.49. The molecule has 0 radical (unpaired) electrons. The summed E-state index contributed by atoms with van der Waals surface area (Å²) >= 11 is 1.52. The van der Waals surface area contributed by atoms with E-state index in [1.54, 1.807) is 29.2 Å². The third kappa shape index (κ3) is 5.33. The number of carbonyl (C=O) groups is 2. The van der Waals surface area contributed by atoms with Crippen LogP contribution in [-0.4, -0.2) is 41.0 Å². The Bertz CT molecular complexity index is 934. The van der Waals surface area contributed by atoms with Gasteiger partial charge in [0.1, 0.15) is 11.8 Å². The van der Waals surface area contributed by atoms with E-state index in [1.807, 2.05) is 6.92 Å². The van der Waals surface area contributed by atoms with Gasteiger partial charge in [0.25, 0.3) is 5.91 Å². The van der Waals surface area contributed by atoms with Crippen molar-refractivity contribution in [2.45, 2.75) is 37.5 Å². The minimum absolute atomic E-state index is 0.0503. The van der Waals surface area contributed by atoms with E-state index < -0.39 is 17.8 Å². The fraction of sp³-hybridized carbons (Fsp3) is 0.364. The number of thioether (sulfide) groups is 1. The molecule has 2 unspecified atom stereocenters. The number of rotatable bonds is 6. The highest BCUT2D eigenvalue weighted by Gasteiger charge is 2.41. The van der Waals surface area contributed by atoms with E-state index in [2.05, 4.69) is 5.32 Å². The molecule has 1 heterocycles. The number of amides is 2. The van der Waals surface area contributed by atoms with Gasteiger partial charge in [0.15, 0.2) is 0 Å². The Kier molecular flexibility index (Phi) is 7.15. The van der Waals surface area contributed by atoms with Crippen molar-refractivity contribution in [1.82, 2.24) is 10.2 Å². The molecule has 2 atom stereocenters. The first-order valence-corrected chi connectivity index (χ1v) is 10.8. The van der Waals surface area contributed by atoms with Crippen LogP contribution in [-0.2, 0) is 17.5 Å². The van der Waals surface area contributed by atoms with E-state index in [-0.39, 0.29) is 23.7 Å². The number of alkyl halides is 3. The van der Waals surface area contributed by atoms with E-state index in [0.717, 1.165) is 12.1 Å². The Morgan fingerprint density at radius 2 is 1.90 bits per heavy atom. The molecule has 0 spiro atoms. The largest absolute Gasteiger partial charge is 0.497 e. The van der Waals surface area contributed by atoms with Crippen molar-refractivity contribution in [3.8, 4) is 5.75 Å². The lowest BCUT2D eigenvalue weighted by Gasteiger charge is -2.28. The number of carbonyl (C=O) groups excluding carboxylic acids is 2. The van der Waals surface area contributed by atoms with Gasteiger partial charge in [-0.1, -0.05) is 19.1 Å². The van der Waals surface area contributed by atoms with Gasteiger partial charge in [-0.15, -0.1) is 11.8 Å². The summed E-state index contributed by atoms with van der Waals surface area (Å²) in [5.74, 6) is 0.394. The zero-order valence-corrected chi connectivity index (χ0v) is 17.9. The molecule has 31 heavy (non-hydrogen) atoms. The van der Waals surface area contributed by atoms with E-state index in [9.17, 15) is 22.8 Å². The quantitative estimate of drug-likeness (QED) is 0.709. The maximum atomic E-state index is 13.1. The second kappa shape index (κ2) is 9.64. The monoisotopic (exact) mass is 452 g/mol. The molecule has 1 fully saturated rings. The van der Waals surface area contributed by atoms with Crippen LogP contribution < -0.4 is 10.1 Å². The molecule has 1 aliphatic rings. The zero-order chi connectivity index (χ0) is 22.6. The highest BCUT2D eigenvalue weighted by atomic mass is 32.2. The van der Waals surface area contributed by atoms with E-state index in [0.29, 0.717) is 29.1 Å². The van der Waals surface area contributed by atoms with Crippen LogP contribution in [0.25, 0.3) is 0 Å². The lowest BCUT2D eigenvalue weighted by Crippen LogP contribution is -2.49. The first-order chi connectivity index (χ1) is 14.7. The molecule has 1 N–H and O–H groups in total. The van der Waals surface area contributed by atoms with Gasteiger partial charge in [0.05, 0.1) is 18.0 Å². The molecule has 2 aromatic carbocycles. The van der Waals surface area contributed by atoms with Crippen molar-refractivity contribution in [1.29, 1.82) is 0 Å². The van der Waals surface area contributed by atoms with Crippen LogP contribution in [0, 0.1) is 0 Å². The zero-order valence-electron chi connectivity index (χ0n) is 17.1. The van der Waals surface area contributed by atoms with Crippen LogP contribution in [0.5, 0.6) is 5.75 Å². The predicted molar refractivity (Wildman–Crippen MR) is 113 cm³/mol. The molecular formula is C22H23F3N2O3S. The number of nitrogens with one attached hydrogen (secondary N) is 1. The van der Waals surface area contributed by atoms with Crippen LogP contribution >= 0.6 is 11.8 Å². The molecule has 1 saturated heterocycles. The van der Waals surface area contributed by atoms with Crippen LogP contribution in [0.15, 0.2) is 48.5 Å². The molecule has 0 aliphatic carbocycles. The standard InChI is InChI=1S/C22H23F3N2O3S/c1-3-19-27(21(29)15-7-9-17(30-2)10-8-15)18(13-31-19)20(28)26-12-14-5-4-6-16(11-14)22(23,24)25/h4-11,18-19H,3,12-13H2,1-2H3,(H,26,28). The number of halogens is 3. The van der Waals surface area contributed by atoms with Crippen LogP contribution in [0.1, 0.15) is 34.8 Å². The van der Waals surface area contributed by atoms with Gasteiger partial charge >= 0.3 is 6.18 Å². The van der Waals surface area contributed by atoms with Crippen molar-refractivity contribution in [2.75, 3.05) is 12.9 Å². The van der Waals surface area contributed by atoms with Crippen molar-refractivity contribution in [2.24, 2.45) is 0 Å². The van der Waals surface area contributed by atoms with Gasteiger partial charge in [0, 0.05) is 17.9 Å². The van der Waals surface area contributed by atoms with Crippen molar-refractivity contribution >= 4 is 23.6 Å². The first-order valence-electron chi connectivity index (χ1n) is 9.76. The molecule has 0 bridgehead atoms. The molecule has 1 aliphatic heterocycles. The van der Waals surface area contributed by atoms with Gasteiger partial charge in [-0.2, -0.15) is 13.2 Å². The Hall–Kier alpha value is -2.68. The van der Waals surface area contributed by atoms with Crippen LogP contribution in [0.4, 0.5) is 13.2 Å². The summed E-state index contributed by atoms with van der Waals surface area (Å²) in [6.45, 7) is 1.89. The molecule has 9 heteroatoms. The summed E-state index contributed by atoms with van der Waals surface area (Å²) in [4.78, 5) is 27.5. The summed E-state index contributed by atoms with van der Waals surface area (Å²) in [5.41, 5.74) is 0.0179. The molecule has 5 nitrogen and oxygen atoms in total. The predicted octanol–water partition coefficient (Wildman–Crippen LogP) is 4.32. The Balaban J connectivity index is 1.72. The van der Waals surface area contributed by atoms with Crippen molar-refractivity contribution in [3.05, 3.63) is 65.2 Å². The number of ether oxygens (including phenoxy) is 1. The Morgan fingerprint density at radius 1 is 1.19 bits per heavy atom. The molecule has 166 valence electrons. The minimum Gasteiger partial charge on any atom is -0.497 e. The summed E-state index contributed by atoms with van der Waals surface area (Å²) in [6, 6.07) is 10.8. The second-order valence-corrected chi connectivity index (χ2v) is 8.28. The molecule has 0 aromatic heterocycles. The van der Waals surface area contributed by atoms with Crippen molar-refractivity contribution in [3.63, 3.8) is 0 Å². The van der Waals surface area contributed by atoms with Crippen molar-refractivity contribution < 1.29 is 27.5 Å². The van der Waals surface area contributed by atoms with Gasteiger partial charge < -0.3 is 15.0 Å². The molecule has 3 rings (SSSR count). The lowest BCUT2D eigenvalue weighted by atomic mass is 10.1. The van der Waals surface area contributed by atoms with E-state index in [4.69, 9.17) is 4.74 Å². The molecular weight excluding hydrogens is 429 g/mol. The number of methoxy groups -OCH3 is 1. The fourth-order valence-corrected chi connectivity index (χ4v) is 4.76. The van der Waals surface area contributed by atoms with Gasteiger partial charge in [-0.05, 0) is 48.4 Å². The summed E-state index contributed by atoms with van der Waals surface area (Å²) < 4.78 is 43.8. The normalized spacial score (nSPS) is 18.7. The Morgan fingerprint density at radius 3 is 2.52 bits per heavy atom. The molecule has 2 aromatic rings. The average molecular weight is 452 g/mol. The highest BCUT2D eigenvalue weighted by molar-refractivity contribution is 8.00. The van der Waals surface area contributed by atoms with Gasteiger partial charge in [0.2, 0.25) is 5.91 Å². The lowest BCUT2D eigenvalue weighted by molar-refractivity contribution is -0.137. The molecule has 2 amide bonds. The first kappa shape index (κ1) is 23.0. The minimum atomic E-state index is -4.45. The number of hydrogen-bond donors (Lipinski definition) is 1. The average Bonchev–Trinajstić information content (AvgIpc) is 3.21. The summed E-state index contributed by atoms with van der Waals surface area (Å²) in [6.07, 6.45) is -3.78. The fourth-order valence-electron chi connectivity index (χ4n) is 3.40. The smallest absolute Gasteiger partial charge is 0.416 e. The Labute approximate surface area is 182 Å². The van der Waals surface area contributed by atoms with Gasteiger partial charge in [-0.3, -0.25) is 9.59 Å². The van der Waals surface area contributed by atoms with E-state index >= 15 is 0 Å². The summed E-state index contributed by atoms with van der Waals surface area (Å²) in [7, 11) is 1.53. The number of nitrogens with zero attached hydrogens (tertiary/aromatic N) is 1. The van der Waals surface area contributed by atoms with Crippen LogP contribution in [0.2, 0.25) is 0 Å². The third-order valence-electron chi connectivity index (χ3n) is 5.04. The maximum Gasteiger partial charge on any atom is 0.416 e. The molecule has 0 saturated carbocycles. The highest BCUT2D eigenvalue weighted by Crippen LogP contribution is 2.33. The SMILES string of the molecule is CCC1SCC(C(=O)NCc2cccc(C(F)(F)F)c2)N1C(=O)c1ccc(OC)cc1. The maximum absolute atomic E-state index is 13.1. The number of benzene rings is 2. The van der Waals surface area contributed by atoms with Gasteiger partial charge in [-0.25, -0.2) is 0 Å². The van der Waals surface area contributed by atoms with Crippen LogP contribution in [0.3, 0.4) is 0 Å². The number of hydrogen-bond acceptors (Lipinski definition) is 4. The topological polar surface area (TPSA) is 58.6 Å². The second-order valence-electron chi connectivity index (χ2n) is 7.07.